The quantitative estimate of drug-likeness (QED) is 0.742. The number of rotatable bonds is 3. The highest BCUT2D eigenvalue weighted by molar-refractivity contribution is 6.30. The van der Waals surface area contributed by atoms with E-state index in [2.05, 4.69) is 22.5 Å². The molecular formula is C16H16ClN3. The van der Waals surface area contributed by atoms with Crippen molar-refractivity contribution in [1.29, 1.82) is 0 Å². The Morgan fingerprint density at radius 1 is 1.20 bits per heavy atom. The summed E-state index contributed by atoms with van der Waals surface area (Å²) in [6.45, 7) is 2.88. The van der Waals surface area contributed by atoms with E-state index in [1.54, 1.807) is 0 Å². The first-order valence-corrected chi connectivity index (χ1v) is 7.04. The van der Waals surface area contributed by atoms with E-state index in [9.17, 15) is 0 Å². The largest absolute Gasteiger partial charge is 0.399 e. The van der Waals surface area contributed by atoms with Crippen LogP contribution in [0.25, 0.3) is 11.0 Å². The van der Waals surface area contributed by atoms with Crippen LogP contribution < -0.4 is 5.73 Å². The summed E-state index contributed by atoms with van der Waals surface area (Å²) in [7, 11) is 0. The van der Waals surface area contributed by atoms with Crippen LogP contribution in [-0.2, 0) is 13.0 Å². The zero-order valence-corrected chi connectivity index (χ0v) is 12.1. The number of nitrogens with two attached hydrogens (primary N) is 1. The van der Waals surface area contributed by atoms with Crippen LogP contribution in [0.1, 0.15) is 18.3 Å². The van der Waals surface area contributed by atoms with Crippen molar-refractivity contribution >= 4 is 28.3 Å². The SMILES string of the molecule is CCc1nc2cc(N)ccc2n1Cc1cccc(Cl)c1. The van der Waals surface area contributed by atoms with Crippen LogP contribution in [0.3, 0.4) is 0 Å². The van der Waals surface area contributed by atoms with Crippen LogP contribution >= 0.6 is 11.6 Å². The minimum Gasteiger partial charge on any atom is -0.399 e. The molecular weight excluding hydrogens is 270 g/mol. The summed E-state index contributed by atoms with van der Waals surface area (Å²) in [6.07, 6.45) is 0.884. The third kappa shape index (κ3) is 2.37. The average Bonchev–Trinajstić information content (AvgIpc) is 2.76. The summed E-state index contributed by atoms with van der Waals surface area (Å²) in [6, 6.07) is 13.8. The minimum absolute atomic E-state index is 0.743. The highest BCUT2D eigenvalue weighted by Gasteiger charge is 2.10. The lowest BCUT2D eigenvalue weighted by atomic mass is 10.2. The Kier molecular flexibility index (Phi) is 3.36. The van der Waals surface area contributed by atoms with E-state index in [1.165, 1.54) is 5.56 Å². The van der Waals surface area contributed by atoms with Crippen molar-refractivity contribution in [2.45, 2.75) is 19.9 Å². The number of benzene rings is 2. The van der Waals surface area contributed by atoms with Gasteiger partial charge >= 0.3 is 0 Å². The van der Waals surface area contributed by atoms with Crippen LogP contribution in [0.15, 0.2) is 42.5 Å². The van der Waals surface area contributed by atoms with Gasteiger partial charge in [0.05, 0.1) is 11.0 Å². The molecule has 0 aliphatic rings. The molecule has 0 amide bonds. The molecule has 3 nitrogen and oxygen atoms in total. The molecule has 0 fully saturated rings. The van der Waals surface area contributed by atoms with Crippen molar-refractivity contribution in [3.8, 4) is 0 Å². The maximum absolute atomic E-state index is 6.06. The molecule has 0 bridgehead atoms. The molecule has 1 aromatic heterocycles. The van der Waals surface area contributed by atoms with E-state index in [0.717, 1.165) is 40.5 Å². The van der Waals surface area contributed by atoms with Gasteiger partial charge in [-0.2, -0.15) is 0 Å². The first kappa shape index (κ1) is 13.0. The Morgan fingerprint density at radius 3 is 2.80 bits per heavy atom. The lowest BCUT2D eigenvalue weighted by molar-refractivity contribution is 0.753. The number of nitrogen functional groups attached to an aromatic ring is 1. The molecule has 2 aromatic carbocycles. The van der Waals surface area contributed by atoms with Gasteiger partial charge in [-0.3, -0.25) is 0 Å². The second-order valence-electron chi connectivity index (χ2n) is 4.85. The van der Waals surface area contributed by atoms with Gasteiger partial charge in [0.25, 0.3) is 0 Å². The molecule has 0 saturated heterocycles. The second-order valence-corrected chi connectivity index (χ2v) is 5.28. The van der Waals surface area contributed by atoms with Crippen molar-refractivity contribution in [3.63, 3.8) is 0 Å². The highest BCUT2D eigenvalue weighted by atomic mass is 35.5. The Morgan fingerprint density at radius 2 is 2.05 bits per heavy atom. The number of hydrogen-bond donors (Lipinski definition) is 1. The number of nitrogens with zero attached hydrogens (tertiary/aromatic N) is 2. The molecule has 1 heterocycles. The first-order chi connectivity index (χ1) is 9.67. The van der Waals surface area contributed by atoms with Crippen LogP contribution in [0, 0.1) is 0 Å². The molecule has 2 N–H and O–H groups in total. The third-order valence-electron chi connectivity index (χ3n) is 3.40. The lowest BCUT2D eigenvalue weighted by Crippen LogP contribution is -2.04. The smallest absolute Gasteiger partial charge is 0.109 e. The van der Waals surface area contributed by atoms with Gasteiger partial charge in [0.15, 0.2) is 0 Å². The monoisotopic (exact) mass is 285 g/mol. The number of fused-ring (bicyclic) bond motifs is 1. The van der Waals surface area contributed by atoms with E-state index in [1.807, 2.05) is 36.4 Å². The zero-order chi connectivity index (χ0) is 14.1. The molecule has 3 aromatic rings. The molecule has 3 rings (SSSR count). The van der Waals surface area contributed by atoms with Crippen molar-refractivity contribution in [2.24, 2.45) is 0 Å². The van der Waals surface area contributed by atoms with E-state index < -0.39 is 0 Å². The number of hydrogen-bond acceptors (Lipinski definition) is 2. The van der Waals surface area contributed by atoms with Gasteiger partial charge in [0, 0.05) is 23.7 Å². The van der Waals surface area contributed by atoms with E-state index in [0.29, 0.717) is 0 Å². The number of imidazole rings is 1. The van der Waals surface area contributed by atoms with Crippen LogP contribution in [-0.4, -0.2) is 9.55 Å². The molecule has 0 saturated carbocycles. The molecule has 0 radical (unpaired) electrons. The van der Waals surface area contributed by atoms with Gasteiger partial charge in [0.2, 0.25) is 0 Å². The van der Waals surface area contributed by atoms with Crippen LogP contribution in [0.5, 0.6) is 0 Å². The van der Waals surface area contributed by atoms with E-state index in [4.69, 9.17) is 17.3 Å². The lowest BCUT2D eigenvalue weighted by Gasteiger charge is -2.08. The summed E-state index contributed by atoms with van der Waals surface area (Å²) in [5.74, 6) is 1.06. The standard InChI is InChI=1S/C16H16ClN3/c1-2-16-19-14-9-13(18)6-7-15(14)20(16)10-11-4-3-5-12(17)8-11/h3-9H,2,10,18H2,1H3. The average molecular weight is 286 g/mol. The fourth-order valence-electron chi connectivity index (χ4n) is 2.46. The zero-order valence-electron chi connectivity index (χ0n) is 11.3. The summed E-state index contributed by atoms with van der Waals surface area (Å²) in [4.78, 5) is 4.66. The molecule has 4 heteroatoms. The maximum Gasteiger partial charge on any atom is 0.109 e. The van der Waals surface area contributed by atoms with Gasteiger partial charge in [-0.25, -0.2) is 4.98 Å². The first-order valence-electron chi connectivity index (χ1n) is 6.66. The molecule has 0 aliphatic heterocycles. The molecule has 0 atom stereocenters. The van der Waals surface area contributed by atoms with Crippen LogP contribution in [0.2, 0.25) is 5.02 Å². The predicted molar refractivity (Wildman–Crippen MR) is 84.1 cm³/mol. The minimum atomic E-state index is 0.743. The molecule has 102 valence electrons. The van der Waals surface area contributed by atoms with E-state index >= 15 is 0 Å². The van der Waals surface area contributed by atoms with E-state index in [-0.39, 0.29) is 0 Å². The van der Waals surface area contributed by atoms with Crippen molar-refractivity contribution in [3.05, 3.63) is 58.9 Å². The number of anilines is 1. The molecule has 0 spiro atoms. The Labute approximate surface area is 123 Å². The number of halogens is 1. The second kappa shape index (κ2) is 5.17. The fraction of sp³-hybridized carbons (Fsp3) is 0.188. The van der Waals surface area contributed by atoms with Gasteiger partial charge < -0.3 is 10.3 Å². The fourth-order valence-corrected chi connectivity index (χ4v) is 2.67. The van der Waals surface area contributed by atoms with Gasteiger partial charge in [-0.1, -0.05) is 30.7 Å². The Hall–Kier alpha value is -2.00. The van der Waals surface area contributed by atoms with Crippen molar-refractivity contribution < 1.29 is 0 Å². The molecule has 20 heavy (non-hydrogen) atoms. The summed E-state index contributed by atoms with van der Waals surface area (Å²) in [5.41, 5.74) is 9.80. The highest BCUT2D eigenvalue weighted by Crippen LogP contribution is 2.21. The Balaban J connectivity index is 2.10. The van der Waals surface area contributed by atoms with Crippen molar-refractivity contribution in [1.82, 2.24) is 9.55 Å². The van der Waals surface area contributed by atoms with Gasteiger partial charge in [0.1, 0.15) is 5.82 Å². The summed E-state index contributed by atoms with van der Waals surface area (Å²) < 4.78 is 2.22. The van der Waals surface area contributed by atoms with Crippen molar-refractivity contribution in [2.75, 3.05) is 5.73 Å². The molecule has 0 aliphatic carbocycles. The summed E-state index contributed by atoms with van der Waals surface area (Å²) >= 11 is 6.06. The maximum atomic E-state index is 6.06. The molecule has 0 unspecified atom stereocenters. The normalized spacial score (nSPS) is 11.1. The third-order valence-corrected chi connectivity index (χ3v) is 3.63. The number of aryl methyl sites for hydroxylation is 1. The summed E-state index contributed by atoms with van der Waals surface area (Å²) in [5, 5.41) is 0.759. The topological polar surface area (TPSA) is 43.8 Å². The van der Waals surface area contributed by atoms with Gasteiger partial charge in [-0.05, 0) is 35.9 Å². The predicted octanol–water partition coefficient (Wildman–Crippen LogP) is 3.88. The number of aromatic nitrogens is 2. The Bertz CT molecular complexity index is 762. The van der Waals surface area contributed by atoms with Crippen LogP contribution in [0.4, 0.5) is 5.69 Å². The van der Waals surface area contributed by atoms with Gasteiger partial charge in [-0.15, -0.1) is 0 Å².